The lowest BCUT2D eigenvalue weighted by Gasteiger charge is -2.26. The smallest absolute Gasteiger partial charge is 0.437 e. The SMILES string of the molecule is COC(=O)Oc1ccc(C(C)(C)c2ccc(OC(=O)OC(C)(C)C)cc2)cc1. The van der Waals surface area contributed by atoms with Crippen LogP contribution in [-0.2, 0) is 14.9 Å². The van der Waals surface area contributed by atoms with E-state index >= 15 is 0 Å². The predicted octanol–water partition coefficient (Wildman–Crippen LogP) is 5.47. The summed E-state index contributed by atoms with van der Waals surface area (Å²) in [4.78, 5) is 23.0. The van der Waals surface area contributed by atoms with Gasteiger partial charge >= 0.3 is 12.3 Å². The summed E-state index contributed by atoms with van der Waals surface area (Å²) < 4.78 is 19.8. The zero-order valence-corrected chi connectivity index (χ0v) is 17.1. The van der Waals surface area contributed by atoms with Crippen molar-refractivity contribution >= 4 is 12.3 Å². The molecule has 0 N–H and O–H groups in total. The Kier molecular flexibility index (Phi) is 6.33. The van der Waals surface area contributed by atoms with Crippen molar-refractivity contribution in [2.75, 3.05) is 7.11 Å². The molecule has 0 heterocycles. The van der Waals surface area contributed by atoms with Crippen LogP contribution >= 0.6 is 0 Å². The Morgan fingerprint density at radius 1 is 0.679 bits per heavy atom. The Hall–Kier alpha value is -3.02. The van der Waals surface area contributed by atoms with E-state index in [1.165, 1.54) is 7.11 Å². The minimum absolute atomic E-state index is 0.311. The summed E-state index contributed by atoms with van der Waals surface area (Å²) in [5, 5.41) is 0. The first kappa shape index (κ1) is 21.3. The number of carbonyl (C=O) groups excluding carboxylic acids is 2. The van der Waals surface area contributed by atoms with Gasteiger partial charge < -0.3 is 18.9 Å². The third-order valence-corrected chi connectivity index (χ3v) is 4.11. The average molecular weight is 386 g/mol. The lowest BCUT2D eigenvalue weighted by molar-refractivity contribution is 0.0206. The first-order valence-corrected chi connectivity index (χ1v) is 8.89. The van der Waals surface area contributed by atoms with Gasteiger partial charge in [-0.2, -0.15) is 0 Å². The largest absolute Gasteiger partial charge is 0.514 e. The van der Waals surface area contributed by atoms with E-state index in [9.17, 15) is 9.59 Å². The van der Waals surface area contributed by atoms with E-state index in [0.717, 1.165) is 11.1 Å². The highest BCUT2D eigenvalue weighted by atomic mass is 16.7. The van der Waals surface area contributed by atoms with Crippen molar-refractivity contribution in [1.82, 2.24) is 0 Å². The fourth-order valence-corrected chi connectivity index (χ4v) is 2.55. The van der Waals surface area contributed by atoms with Crippen LogP contribution in [0.5, 0.6) is 11.5 Å². The number of hydrogen-bond donors (Lipinski definition) is 0. The molecule has 0 aromatic heterocycles. The van der Waals surface area contributed by atoms with Crippen molar-refractivity contribution in [3.8, 4) is 11.5 Å². The molecule has 0 atom stereocenters. The maximum absolute atomic E-state index is 11.8. The normalized spacial score (nSPS) is 11.5. The molecule has 0 saturated heterocycles. The summed E-state index contributed by atoms with van der Waals surface area (Å²) in [7, 11) is 1.26. The summed E-state index contributed by atoms with van der Waals surface area (Å²) in [6.07, 6.45) is -1.49. The van der Waals surface area contributed by atoms with Gasteiger partial charge in [0.05, 0.1) is 7.11 Å². The highest BCUT2D eigenvalue weighted by molar-refractivity contribution is 5.64. The summed E-state index contributed by atoms with van der Waals surface area (Å²) in [6, 6.07) is 14.5. The molecule has 0 amide bonds. The lowest BCUT2D eigenvalue weighted by Crippen LogP contribution is -2.26. The molecule has 0 aliphatic heterocycles. The Labute approximate surface area is 165 Å². The van der Waals surface area contributed by atoms with Gasteiger partial charge in [-0.25, -0.2) is 9.59 Å². The quantitative estimate of drug-likeness (QED) is 0.512. The Morgan fingerprint density at radius 3 is 1.43 bits per heavy atom. The van der Waals surface area contributed by atoms with Gasteiger partial charge in [0.15, 0.2) is 0 Å². The summed E-state index contributed by atoms with van der Waals surface area (Å²) in [5.74, 6) is 0.822. The van der Waals surface area contributed by atoms with E-state index < -0.39 is 17.9 Å². The average Bonchev–Trinajstić information content (AvgIpc) is 2.61. The number of methoxy groups -OCH3 is 1. The molecule has 0 fully saturated rings. The van der Waals surface area contributed by atoms with Crippen molar-refractivity contribution in [1.29, 1.82) is 0 Å². The molecule has 6 nitrogen and oxygen atoms in total. The van der Waals surface area contributed by atoms with Gasteiger partial charge in [0.2, 0.25) is 0 Å². The monoisotopic (exact) mass is 386 g/mol. The molecular weight excluding hydrogens is 360 g/mol. The zero-order chi connectivity index (χ0) is 20.9. The standard InChI is InChI=1S/C22H26O6/c1-21(2,3)28-20(24)27-18-13-9-16(10-14-18)22(4,5)15-7-11-17(12-8-15)26-19(23)25-6/h7-14H,1-6H3. The van der Waals surface area contributed by atoms with Crippen LogP contribution in [0.3, 0.4) is 0 Å². The Balaban J connectivity index is 2.11. The van der Waals surface area contributed by atoms with Gasteiger partial charge in [-0.1, -0.05) is 38.1 Å². The van der Waals surface area contributed by atoms with Crippen molar-refractivity contribution in [2.45, 2.75) is 45.6 Å². The van der Waals surface area contributed by atoms with Crippen LogP contribution in [0.2, 0.25) is 0 Å². The topological polar surface area (TPSA) is 71.1 Å². The Bertz CT molecular complexity index is 814. The maximum atomic E-state index is 11.8. The summed E-state index contributed by atoms with van der Waals surface area (Å²) in [6.45, 7) is 9.49. The van der Waals surface area contributed by atoms with Crippen LogP contribution in [-0.4, -0.2) is 25.0 Å². The first-order valence-electron chi connectivity index (χ1n) is 8.89. The highest BCUT2D eigenvalue weighted by Crippen LogP contribution is 2.33. The van der Waals surface area contributed by atoms with Gasteiger partial charge in [-0.15, -0.1) is 0 Å². The minimum Gasteiger partial charge on any atom is -0.437 e. The van der Waals surface area contributed by atoms with E-state index in [-0.39, 0.29) is 5.41 Å². The molecule has 0 radical (unpaired) electrons. The van der Waals surface area contributed by atoms with Gasteiger partial charge in [-0.05, 0) is 56.2 Å². The van der Waals surface area contributed by atoms with Gasteiger partial charge in [0.25, 0.3) is 0 Å². The van der Waals surface area contributed by atoms with Gasteiger partial charge in [0.1, 0.15) is 17.1 Å². The molecule has 0 aliphatic rings. The predicted molar refractivity (Wildman–Crippen MR) is 105 cm³/mol. The van der Waals surface area contributed by atoms with E-state index in [1.54, 1.807) is 45.0 Å². The number of hydrogen-bond acceptors (Lipinski definition) is 6. The third kappa shape index (κ3) is 5.74. The molecule has 0 bridgehead atoms. The van der Waals surface area contributed by atoms with Crippen LogP contribution < -0.4 is 9.47 Å². The first-order chi connectivity index (χ1) is 13.0. The molecule has 0 aliphatic carbocycles. The van der Waals surface area contributed by atoms with Gasteiger partial charge in [0, 0.05) is 5.41 Å². The third-order valence-electron chi connectivity index (χ3n) is 4.11. The molecule has 0 saturated carbocycles. The van der Waals surface area contributed by atoms with Gasteiger partial charge in [-0.3, -0.25) is 0 Å². The number of benzene rings is 2. The molecule has 28 heavy (non-hydrogen) atoms. The molecule has 150 valence electrons. The Morgan fingerprint density at radius 2 is 1.07 bits per heavy atom. The molecule has 2 aromatic carbocycles. The molecule has 2 rings (SSSR count). The minimum atomic E-state index is -0.757. The molecular formula is C22H26O6. The van der Waals surface area contributed by atoms with Crippen LogP contribution in [0.25, 0.3) is 0 Å². The van der Waals surface area contributed by atoms with Crippen molar-refractivity contribution in [2.24, 2.45) is 0 Å². The number of rotatable bonds is 4. The summed E-state index contributed by atoms with van der Waals surface area (Å²) >= 11 is 0. The summed E-state index contributed by atoms with van der Waals surface area (Å²) in [5.41, 5.74) is 1.15. The van der Waals surface area contributed by atoms with Crippen LogP contribution in [0, 0.1) is 0 Å². The van der Waals surface area contributed by atoms with Crippen LogP contribution in [0.15, 0.2) is 48.5 Å². The lowest BCUT2D eigenvalue weighted by atomic mass is 9.78. The molecule has 6 heteroatoms. The highest BCUT2D eigenvalue weighted by Gasteiger charge is 2.24. The second-order valence-electron chi connectivity index (χ2n) is 7.80. The number of carbonyl (C=O) groups is 2. The van der Waals surface area contributed by atoms with Crippen molar-refractivity contribution in [3.63, 3.8) is 0 Å². The van der Waals surface area contributed by atoms with E-state index in [4.69, 9.17) is 14.2 Å². The van der Waals surface area contributed by atoms with Crippen molar-refractivity contribution in [3.05, 3.63) is 59.7 Å². The molecule has 0 spiro atoms. The van der Waals surface area contributed by atoms with E-state index in [0.29, 0.717) is 11.5 Å². The maximum Gasteiger partial charge on any atom is 0.514 e. The second kappa shape index (κ2) is 8.33. The fourth-order valence-electron chi connectivity index (χ4n) is 2.55. The fraction of sp³-hybridized carbons (Fsp3) is 0.364. The second-order valence-corrected chi connectivity index (χ2v) is 7.80. The van der Waals surface area contributed by atoms with Crippen LogP contribution in [0.4, 0.5) is 9.59 Å². The zero-order valence-electron chi connectivity index (χ0n) is 17.1. The molecule has 2 aromatic rings. The number of ether oxygens (including phenoxy) is 4. The van der Waals surface area contributed by atoms with Crippen molar-refractivity contribution < 1.29 is 28.5 Å². The van der Waals surface area contributed by atoms with Crippen LogP contribution in [0.1, 0.15) is 45.7 Å². The van der Waals surface area contributed by atoms with E-state index in [1.807, 2.05) is 24.3 Å². The molecule has 0 unspecified atom stereocenters. The van der Waals surface area contributed by atoms with E-state index in [2.05, 4.69) is 18.6 Å².